The molecule has 1 aromatic heterocycles. The zero-order valence-corrected chi connectivity index (χ0v) is 20.4. The predicted molar refractivity (Wildman–Crippen MR) is 136 cm³/mol. The zero-order chi connectivity index (χ0) is 26.8. The lowest BCUT2D eigenvalue weighted by molar-refractivity contribution is -0.325. The van der Waals surface area contributed by atoms with Gasteiger partial charge in [-0.25, -0.2) is 4.79 Å². The van der Waals surface area contributed by atoms with Crippen molar-refractivity contribution in [2.24, 2.45) is 5.92 Å². The number of fused-ring (bicyclic) bond motifs is 4. The van der Waals surface area contributed by atoms with Crippen LogP contribution in [-0.2, 0) is 16.1 Å². The van der Waals surface area contributed by atoms with Crippen LogP contribution in [0.2, 0.25) is 0 Å². The van der Waals surface area contributed by atoms with Crippen LogP contribution >= 0.6 is 0 Å². The summed E-state index contributed by atoms with van der Waals surface area (Å²) >= 11 is 0. The Hall–Kier alpha value is -3.09. The van der Waals surface area contributed by atoms with E-state index in [1.54, 1.807) is 6.07 Å². The number of carbonyl (C=O) groups is 1. The number of aliphatic hydroxyl groups excluding tert-OH is 4. The van der Waals surface area contributed by atoms with Gasteiger partial charge in [0, 0.05) is 12.5 Å². The van der Waals surface area contributed by atoms with Gasteiger partial charge in [0.1, 0.15) is 17.8 Å². The number of H-pyrrole nitrogens is 1. The number of hydrogen-bond donors (Lipinski definition) is 7. The maximum atomic E-state index is 13.3. The molecule has 200 valence electrons. The lowest BCUT2D eigenvalue weighted by Gasteiger charge is -2.42. The average molecular weight is 524 g/mol. The molecule has 6 atom stereocenters. The summed E-state index contributed by atoms with van der Waals surface area (Å²) in [6.45, 7) is -0.956. The zero-order valence-electron chi connectivity index (χ0n) is 20.4. The van der Waals surface area contributed by atoms with E-state index in [2.05, 4.69) is 4.98 Å². The Morgan fingerprint density at radius 2 is 1.79 bits per heavy atom. The van der Waals surface area contributed by atoms with E-state index in [0.717, 1.165) is 21.5 Å². The number of aliphatic hydroxyl groups is 6. The monoisotopic (exact) mass is 523 g/mol. The molecule has 3 aromatic carbocycles. The molecule has 0 radical (unpaired) electrons. The summed E-state index contributed by atoms with van der Waals surface area (Å²) in [5, 5.41) is 67.6. The molecule has 10 nitrogen and oxygen atoms in total. The fourth-order valence-corrected chi connectivity index (χ4v) is 6.17. The molecule has 7 N–H and O–H groups in total. The maximum absolute atomic E-state index is 13.3. The SMILES string of the molecule is O=C(Oc1c(CO)[nH]c2ccc3cc4ccccc4cc3c12)[C@@H]1O[C@@](O)([C@@]2(O)CCC[C@H]2CO)[C@H](O)[C@H]1O. The second-order valence-electron chi connectivity index (χ2n) is 10.3. The molecule has 0 amide bonds. The van der Waals surface area contributed by atoms with Crippen LogP contribution < -0.4 is 4.74 Å². The smallest absolute Gasteiger partial charge is 0.343 e. The van der Waals surface area contributed by atoms with E-state index < -0.39 is 54.8 Å². The number of esters is 1. The van der Waals surface area contributed by atoms with Gasteiger partial charge < -0.3 is 45.1 Å². The van der Waals surface area contributed by atoms with E-state index in [9.17, 15) is 35.4 Å². The number of hydrogen-bond acceptors (Lipinski definition) is 9. The summed E-state index contributed by atoms with van der Waals surface area (Å²) in [5.41, 5.74) is -1.26. The molecule has 2 heterocycles. The lowest BCUT2D eigenvalue weighted by Crippen LogP contribution is -2.63. The number of rotatable bonds is 5. The van der Waals surface area contributed by atoms with Crippen molar-refractivity contribution >= 4 is 38.4 Å². The third-order valence-corrected chi connectivity index (χ3v) is 8.23. The molecule has 0 spiro atoms. The van der Waals surface area contributed by atoms with Crippen molar-refractivity contribution in [2.45, 2.75) is 55.6 Å². The quantitative estimate of drug-likeness (QED) is 0.150. The van der Waals surface area contributed by atoms with Crippen molar-refractivity contribution in [2.75, 3.05) is 6.61 Å². The van der Waals surface area contributed by atoms with Gasteiger partial charge in [0.05, 0.1) is 23.2 Å². The van der Waals surface area contributed by atoms with E-state index in [4.69, 9.17) is 9.47 Å². The normalized spacial score (nSPS) is 31.5. The number of nitrogens with one attached hydrogen (secondary N) is 1. The molecule has 1 aliphatic heterocycles. The first-order valence-corrected chi connectivity index (χ1v) is 12.6. The molecule has 1 saturated carbocycles. The number of aromatic amines is 1. The minimum atomic E-state index is -2.70. The van der Waals surface area contributed by atoms with E-state index in [0.29, 0.717) is 23.7 Å². The number of ether oxygens (including phenoxy) is 2. The molecule has 1 aliphatic carbocycles. The minimum Gasteiger partial charge on any atom is -0.422 e. The molecule has 10 heteroatoms. The number of carbonyl (C=O) groups excluding carboxylic acids is 1. The van der Waals surface area contributed by atoms with Gasteiger partial charge in [-0.2, -0.15) is 0 Å². The predicted octanol–water partition coefficient (Wildman–Crippen LogP) is 1.20. The molecule has 0 unspecified atom stereocenters. The van der Waals surface area contributed by atoms with Gasteiger partial charge in [-0.3, -0.25) is 0 Å². The highest BCUT2D eigenvalue weighted by Gasteiger charge is 2.68. The highest BCUT2D eigenvalue weighted by atomic mass is 16.7. The largest absolute Gasteiger partial charge is 0.422 e. The third kappa shape index (κ3) is 3.50. The maximum Gasteiger partial charge on any atom is 0.343 e. The Morgan fingerprint density at radius 1 is 1.05 bits per heavy atom. The van der Waals surface area contributed by atoms with Crippen molar-refractivity contribution in [3.63, 3.8) is 0 Å². The fraction of sp³-hybridized carbons (Fsp3) is 0.393. The molecular weight excluding hydrogens is 494 g/mol. The van der Waals surface area contributed by atoms with E-state index in [1.165, 1.54) is 0 Å². The molecule has 0 bridgehead atoms. The lowest BCUT2D eigenvalue weighted by atomic mass is 9.80. The second kappa shape index (κ2) is 8.99. The van der Waals surface area contributed by atoms with Gasteiger partial charge in [0.25, 0.3) is 0 Å². The molecule has 1 saturated heterocycles. The second-order valence-corrected chi connectivity index (χ2v) is 10.3. The van der Waals surface area contributed by atoms with Crippen LogP contribution in [0.4, 0.5) is 0 Å². The third-order valence-electron chi connectivity index (χ3n) is 8.23. The summed E-state index contributed by atoms with van der Waals surface area (Å²) in [5.74, 6) is -4.61. The summed E-state index contributed by atoms with van der Waals surface area (Å²) in [6, 6.07) is 15.5. The van der Waals surface area contributed by atoms with Crippen LogP contribution in [-0.4, -0.2) is 77.9 Å². The Kier molecular flexibility index (Phi) is 5.96. The number of benzene rings is 3. The van der Waals surface area contributed by atoms with Crippen LogP contribution in [0.5, 0.6) is 5.75 Å². The van der Waals surface area contributed by atoms with Gasteiger partial charge in [-0.15, -0.1) is 0 Å². The molecule has 38 heavy (non-hydrogen) atoms. The van der Waals surface area contributed by atoms with E-state index >= 15 is 0 Å². The molecule has 4 aromatic rings. The standard InChI is InChI=1S/C28H29NO9/c30-12-17-6-3-9-27(17,35)28(36)25(33)22(32)24(38-28)26(34)37-23-20(13-31)29-19-8-7-16-10-14-4-1-2-5-15(14)11-18(16)21(19)23/h1-2,4-5,7-8,10-11,17,22,24-25,29-33,35-36H,3,6,9,12-13H2/t17-,22-,24+,25+,27+,28+/m0/s1. The van der Waals surface area contributed by atoms with Gasteiger partial charge in [-0.05, 0) is 59.0 Å². The first kappa shape index (κ1) is 25.2. The van der Waals surface area contributed by atoms with Crippen LogP contribution in [0, 0.1) is 5.92 Å². The van der Waals surface area contributed by atoms with Crippen molar-refractivity contribution in [1.82, 2.24) is 4.98 Å². The van der Waals surface area contributed by atoms with Crippen LogP contribution in [0.1, 0.15) is 25.0 Å². The van der Waals surface area contributed by atoms with Gasteiger partial charge >= 0.3 is 5.97 Å². The topological polar surface area (TPSA) is 173 Å². The summed E-state index contributed by atoms with van der Waals surface area (Å²) in [7, 11) is 0. The van der Waals surface area contributed by atoms with Crippen LogP contribution in [0.15, 0.2) is 48.5 Å². The summed E-state index contributed by atoms with van der Waals surface area (Å²) in [4.78, 5) is 16.4. The average Bonchev–Trinajstić information content (AvgIpc) is 3.56. The Balaban J connectivity index is 1.39. The Morgan fingerprint density at radius 3 is 2.50 bits per heavy atom. The molecule has 6 rings (SSSR count). The first-order chi connectivity index (χ1) is 18.2. The molecular formula is C28H29NO9. The summed E-state index contributed by atoms with van der Waals surface area (Å²) in [6.07, 6.45) is -4.98. The fourth-order valence-electron chi connectivity index (χ4n) is 6.17. The van der Waals surface area contributed by atoms with Crippen LogP contribution in [0.25, 0.3) is 32.4 Å². The van der Waals surface area contributed by atoms with Crippen molar-refractivity contribution in [1.29, 1.82) is 0 Å². The summed E-state index contributed by atoms with van der Waals surface area (Å²) < 4.78 is 11.2. The Labute approximate surface area is 216 Å². The van der Waals surface area contributed by atoms with Gasteiger partial charge in [0.15, 0.2) is 11.9 Å². The van der Waals surface area contributed by atoms with E-state index in [-0.39, 0.29) is 17.9 Å². The highest BCUT2D eigenvalue weighted by Crippen LogP contribution is 2.49. The van der Waals surface area contributed by atoms with Crippen molar-refractivity contribution in [3.05, 3.63) is 54.2 Å². The minimum absolute atomic E-state index is 0.00265. The van der Waals surface area contributed by atoms with Gasteiger partial charge in [-0.1, -0.05) is 30.3 Å². The first-order valence-electron chi connectivity index (χ1n) is 12.6. The van der Waals surface area contributed by atoms with E-state index in [1.807, 2.05) is 42.5 Å². The van der Waals surface area contributed by atoms with Gasteiger partial charge in [0.2, 0.25) is 5.79 Å². The van der Waals surface area contributed by atoms with Crippen LogP contribution in [0.3, 0.4) is 0 Å². The van der Waals surface area contributed by atoms with Crippen molar-refractivity contribution < 1.29 is 44.9 Å². The highest BCUT2D eigenvalue weighted by molar-refractivity contribution is 6.14. The molecule has 2 aliphatic rings. The number of aromatic nitrogens is 1. The Bertz CT molecular complexity index is 1550. The van der Waals surface area contributed by atoms with Crippen molar-refractivity contribution in [3.8, 4) is 5.75 Å². The molecule has 2 fully saturated rings.